The van der Waals surface area contributed by atoms with Gasteiger partial charge < -0.3 is 38.7 Å². The number of esters is 2. The summed E-state index contributed by atoms with van der Waals surface area (Å²) in [7, 11) is 1.49. The molecule has 0 amide bonds. The number of rotatable bonds is 10. The van der Waals surface area contributed by atoms with Gasteiger partial charge in [-0.1, -0.05) is 84.6 Å². The monoisotopic (exact) mass is 920 g/mol. The van der Waals surface area contributed by atoms with Gasteiger partial charge in [-0.3, -0.25) is 4.79 Å². The SMILES string of the molecule is COCC(CCO)c1c(CO)c2ccc3c(c2oc1=O)C1OC(=O)CC2CC(c4cccc(Cc5ccccc5)c4)CCC2c2ccc4cc2CC#CCC(C)(O3)C1OC(=O)C(=C(C)CO)CC4. The number of aliphatic hydroxyl groups is 3. The Kier molecular flexibility index (Phi) is 14.0. The van der Waals surface area contributed by atoms with Crippen molar-refractivity contribution in [3.05, 3.63) is 157 Å². The highest BCUT2D eigenvalue weighted by Crippen LogP contribution is 2.51. The summed E-state index contributed by atoms with van der Waals surface area (Å²) in [6.07, 6.45) is 2.19. The van der Waals surface area contributed by atoms with Crippen molar-refractivity contribution in [2.75, 3.05) is 26.9 Å². The number of aryl methyl sites for hydroxylation is 1. The second kappa shape index (κ2) is 20.3. The summed E-state index contributed by atoms with van der Waals surface area (Å²) in [5.41, 5.74) is 6.22. The van der Waals surface area contributed by atoms with Crippen LogP contribution in [0.2, 0.25) is 0 Å². The summed E-state index contributed by atoms with van der Waals surface area (Å²) in [6.45, 7) is 2.41. The Morgan fingerprint density at radius 2 is 1.74 bits per heavy atom. The standard InChI is InChI=1S/C57H60O11/c1-34(31-59)43-18-15-36-16-19-44-40(27-36)13-7-8-24-57(2)54(67-55(43)62)53(51-48(68-57)22-21-46-47(32-60)50(56(63)66-52(46)51)41(23-25-58)33-64-3)65-49(61)30-42-29-39(17-20-45(42)44)38-14-9-12-37(28-38)26-35-10-5-4-6-11-35/h4-6,9-12,14,16,19,21-22,27-28,39,41-42,45,53-54,58-60H,13,15,17-18,20,23-26,29-33H2,1-3H3. The van der Waals surface area contributed by atoms with E-state index in [-0.39, 0.29) is 91.3 Å². The number of carbonyl (C=O) groups is 2. The molecule has 9 rings (SSSR count). The zero-order valence-corrected chi connectivity index (χ0v) is 39.1. The Bertz CT molecular complexity index is 2840. The van der Waals surface area contributed by atoms with E-state index in [9.17, 15) is 24.9 Å². The average molecular weight is 921 g/mol. The highest BCUT2D eigenvalue weighted by molar-refractivity contribution is 5.90. The van der Waals surface area contributed by atoms with Crippen LogP contribution in [-0.4, -0.2) is 65.9 Å². The minimum atomic E-state index is -1.39. The van der Waals surface area contributed by atoms with E-state index in [0.717, 1.165) is 42.4 Å². The fourth-order valence-electron chi connectivity index (χ4n) is 11.3. The Morgan fingerprint density at radius 1 is 0.912 bits per heavy atom. The van der Waals surface area contributed by atoms with Gasteiger partial charge in [-0.15, -0.1) is 0 Å². The van der Waals surface area contributed by atoms with Gasteiger partial charge in [-0.2, -0.15) is 0 Å². The molecule has 0 spiro atoms. The lowest BCUT2D eigenvalue weighted by molar-refractivity contribution is -0.190. The van der Waals surface area contributed by atoms with Gasteiger partial charge in [-0.25, -0.2) is 9.59 Å². The lowest BCUT2D eigenvalue weighted by atomic mass is 9.67. The third-order valence-electron chi connectivity index (χ3n) is 14.8. The third kappa shape index (κ3) is 9.40. The minimum absolute atomic E-state index is 0.0143. The van der Waals surface area contributed by atoms with Crippen LogP contribution in [0.4, 0.5) is 0 Å². The van der Waals surface area contributed by atoms with Crippen LogP contribution in [0.1, 0.15) is 133 Å². The Hall–Kier alpha value is -6.03. The lowest BCUT2D eigenvalue weighted by Gasteiger charge is -2.45. The van der Waals surface area contributed by atoms with Crippen molar-refractivity contribution < 1.29 is 48.3 Å². The van der Waals surface area contributed by atoms with E-state index >= 15 is 4.79 Å². The van der Waals surface area contributed by atoms with Gasteiger partial charge in [0.05, 0.1) is 31.8 Å². The Morgan fingerprint density at radius 3 is 2.51 bits per heavy atom. The van der Waals surface area contributed by atoms with E-state index in [1.807, 2.05) is 6.07 Å². The quantitative estimate of drug-likeness (QED) is 0.0533. The van der Waals surface area contributed by atoms with Crippen molar-refractivity contribution in [3.8, 4) is 17.6 Å². The van der Waals surface area contributed by atoms with Crippen LogP contribution in [0.15, 0.2) is 105 Å². The van der Waals surface area contributed by atoms with Crippen LogP contribution in [0, 0.1) is 17.8 Å². The molecule has 3 aliphatic heterocycles. The molecule has 4 aromatic carbocycles. The first-order chi connectivity index (χ1) is 33.0. The number of aliphatic hydroxyl groups excluding tert-OH is 3. The lowest BCUT2D eigenvalue weighted by Crippen LogP contribution is -2.54. The van der Waals surface area contributed by atoms with Crippen LogP contribution in [-0.2, 0) is 49.7 Å². The highest BCUT2D eigenvalue weighted by atomic mass is 16.6. The fraction of sp³-hybridized carbons (Fsp3) is 0.421. The van der Waals surface area contributed by atoms with Gasteiger partial charge in [0, 0.05) is 49.0 Å². The van der Waals surface area contributed by atoms with Gasteiger partial charge in [0.2, 0.25) is 0 Å². The molecule has 5 aromatic rings. The van der Waals surface area contributed by atoms with E-state index in [0.29, 0.717) is 29.4 Å². The second-order valence-corrected chi connectivity index (χ2v) is 19.3. The summed E-state index contributed by atoms with van der Waals surface area (Å²) in [5, 5.41) is 31.7. The molecule has 1 fully saturated rings. The largest absolute Gasteiger partial charge is 0.482 e. The maximum Gasteiger partial charge on any atom is 0.340 e. The van der Waals surface area contributed by atoms with E-state index in [1.165, 1.54) is 23.8 Å². The molecule has 1 saturated carbocycles. The van der Waals surface area contributed by atoms with Crippen LogP contribution in [0.3, 0.4) is 0 Å². The van der Waals surface area contributed by atoms with E-state index in [4.69, 9.17) is 23.4 Å². The Labute approximate surface area is 397 Å². The van der Waals surface area contributed by atoms with Crippen LogP contribution in [0.5, 0.6) is 5.75 Å². The van der Waals surface area contributed by atoms with Crippen LogP contribution < -0.4 is 10.4 Å². The van der Waals surface area contributed by atoms with Crippen molar-refractivity contribution in [1.29, 1.82) is 0 Å². The number of ether oxygens (including phenoxy) is 4. The molecular weight excluding hydrogens is 861 g/mol. The molecule has 7 atom stereocenters. The zero-order chi connectivity index (χ0) is 47.5. The number of fused-ring (bicyclic) bond motifs is 9. The van der Waals surface area contributed by atoms with Crippen LogP contribution in [0.25, 0.3) is 11.0 Å². The summed E-state index contributed by atoms with van der Waals surface area (Å²) in [4.78, 5) is 44.0. The van der Waals surface area contributed by atoms with E-state index < -0.39 is 47.9 Å². The van der Waals surface area contributed by atoms with Crippen molar-refractivity contribution in [1.82, 2.24) is 0 Å². The second-order valence-electron chi connectivity index (χ2n) is 19.3. The molecule has 0 radical (unpaired) electrons. The fourth-order valence-corrected chi connectivity index (χ4v) is 11.3. The molecule has 11 heteroatoms. The van der Waals surface area contributed by atoms with Crippen molar-refractivity contribution in [3.63, 3.8) is 0 Å². The maximum absolute atomic E-state index is 15.1. The molecule has 0 saturated heterocycles. The highest BCUT2D eigenvalue weighted by Gasteiger charge is 2.53. The normalized spacial score (nSPS) is 24.8. The first kappa shape index (κ1) is 47.1. The van der Waals surface area contributed by atoms with E-state index in [2.05, 4.69) is 78.6 Å². The first-order valence-electron chi connectivity index (χ1n) is 23.9. The topological polar surface area (TPSA) is 162 Å². The van der Waals surface area contributed by atoms with Gasteiger partial charge in [0.15, 0.2) is 17.8 Å². The number of hydrogen-bond donors (Lipinski definition) is 3. The summed E-state index contributed by atoms with van der Waals surface area (Å²) in [6, 6.07) is 29.1. The number of benzene rings is 4. The maximum atomic E-state index is 15.1. The van der Waals surface area contributed by atoms with Crippen molar-refractivity contribution in [2.24, 2.45) is 5.92 Å². The van der Waals surface area contributed by atoms with Gasteiger partial charge in [0.1, 0.15) is 11.3 Å². The predicted molar refractivity (Wildman–Crippen MR) is 256 cm³/mol. The Balaban J connectivity index is 1.20. The summed E-state index contributed by atoms with van der Waals surface area (Å²) >= 11 is 0. The third-order valence-corrected chi connectivity index (χ3v) is 14.8. The summed E-state index contributed by atoms with van der Waals surface area (Å²) in [5.74, 6) is 5.29. The smallest absolute Gasteiger partial charge is 0.340 e. The summed E-state index contributed by atoms with van der Waals surface area (Å²) < 4.78 is 31.8. The van der Waals surface area contributed by atoms with Gasteiger partial charge in [-0.05, 0) is 133 Å². The van der Waals surface area contributed by atoms with Crippen LogP contribution >= 0.6 is 0 Å². The van der Waals surface area contributed by atoms with Crippen molar-refractivity contribution in [2.45, 2.75) is 120 Å². The molecule has 5 bridgehead atoms. The molecule has 11 nitrogen and oxygen atoms in total. The molecule has 354 valence electrons. The number of methoxy groups -OCH3 is 1. The molecule has 1 aromatic heterocycles. The molecular formula is C57H60O11. The molecule has 68 heavy (non-hydrogen) atoms. The number of carbonyl (C=O) groups excluding carboxylic acids is 2. The average Bonchev–Trinajstić information content (AvgIpc) is 3.33. The zero-order valence-electron chi connectivity index (χ0n) is 39.1. The van der Waals surface area contributed by atoms with E-state index in [1.54, 1.807) is 26.0 Å². The van der Waals surface area contributed by atoms with Gasteiger partial charge >= 0.3 is 17.6 Å². The molecule has 3 N–H and O–H groups in total. The molecule has 4 aliphatic rings. The minimum Gasteiger partial charge on any atom is -0.482 e. The molecule has 4 heterocycles. The van der Waals surface area contributed by atoms with Crippen molar-refractivity contribution >= 4 is 22.9 Å². The number of hydrogen-bond acceptors (Lipinski definition) is 11. The first-order valence-corrected chi connectivity index (χ1v) is 23.9. The predicted octanol–water partition coefficient (Wildman–Crippen LogP) is 8.60. The van der Waals surface area contributed by atoms with Gasteiger partial charge in [0.25, 0.3) is 0 Å². The molecule has 1 aliphatic carbocycles. The molecule has 7 unspecified atom stereocenters.